The molecule has 1 aliphatic carbocycles. The number of benzene rings is 1. The molecule has 5 heteroatoms. The summed E-state index contributed by atoms with van der Waals surface area (Å²) < 4.78 is 0. The Morgan fingerprint density at radius 3 is 2.80 bits per heavy atom. The molecule has 1 saturated carbocycles. The van der Waals surface area contributed by atoms with Crippen LogP contribution in [0.15, 0.2) is 24.3 Å². The molecule has 2 N–H and O–H groups in total. The van der Waals surface area contributed by atoms with Crippen molar-refractivity contribution in [3.05, 3.63) is 35.5 Å². The molecule has 5 aliphatic rings. The summed E-state index contributed by atoms with van der Waals surface area (Å²) in [6.45, 7) is 2.50. The third-order valence-corrected chi connectivity index (χ3v) is 7.26. The lowest BCUT2D eigenvalue weighted by Gasteiger charge is -2.61. The van der Waals surface area contributed by atoms with Gasteiger partial charge in [-0.05, 0) is 62.1 Å². The standard InChI is InChI=1S/C20H25N3.2ClH/c1-2-6-16-12(4-1)13-9-11-23-17-8-7-15(20(23)19(13)22-16)18-14(17)5-3-10-21-18;;/h1-2,4,6,14-15,17-18,20-22H,3,5,7-11H2;2*1H/t14-,15-,17+,18-,20+;;/m0../s1. The largest absolute Gasteiger partial charge is 0.357 e. The van der Waals surface area contributed by atoms with Crippen LogP contribution in [0.25, 0.3) is 10.9 Å². The molecule has 25 heavy (non-hydrogen) atoms. The average Bonchev–Trinajstić information content (AvgIpc) is 3.01. The molecule has 0 amide bonds. The van der Waals surface area contributed by atoms with Crippen LogP contribution in [0.5, 0.6) is 0 Å². The molecule has 7 rings (SSSR count). The van der Waals surface area contributed by atoms with E-state index in [-0.39, 0.29) is 24.8 Å². The number of aromatic amines is 1. The fourth-order valence-electron chi connectivity index (χ4n) is 6.48. The number of hydrogen-bond donors (Lipinski definition) is 2. The van der Waals surface area contributed by atoms with Crippen LogP contribution >= 0.6 is 24.8 Å². The molecule has 0 unspecified atom stereocenters. The normalized spacial score (nSPS) is 35.9. The molecule has 2 bridgehead atoms. The fourth-order valence-corrected chi connectivity index (χ4v) is 6.48. The van der Waals surface area contributed by atoms with E-state index in [1.54, 1.807) is 11.3 Å². The SMILES string of the molecule is Cl.Cl.c1ccc2c3c([nH]c2c1)[C@H]1[C@H]2CC[C@H]([C@@H]4CCCN[C@@H]42)N1CC3. The van der Waals surface area contributed by atoms with E-state index in [2.05, 4.69) is 39.5 Å². The first-order chi connectivity index (χ1) is 11.4. The van der Waals surface area contributed by atoms with E-state index in [9.17, 15) is 0 Å². The molecule has 0 spiro atoms. The molecule has 5 heterocycles. The van der Waals surface area contributed by atoms with E-state index in [1.165, 1.54) is 56.1 Å². The van der Waals surface area contributed by atoms with Crippen molar-refractivity contribution >= 4 is 35.7 Å². The summed E-state index contributed by atoms with van der Waals surface area (Å²) in [6, 6.07) is 11.1. The highest BCUT2D eigenvalue weighted by Crippen LogP contribution is 2.54. The Labute approximate surface area is 161 Å². The molecule has 5 atom stereocenters. The molecule has 1 aromatic carbocycles. The Morgan fingerprint density at radius 1 is 1.00 bits per heavy atom. The number of piperidine rings is 3. The third kappa shape index (κ3) is 2.32. The summed E-state index contributed by atoms with van der Waals surface area (Å²) in [7, 11) is 0. The van der Waals surface area contributed by atoms with Gasteiger partial charge in [0, 0.05) is 35.2 Å². The van der Waals surface area contributed by atoms with Gasteiger partial charge in [0.1, 0.15) is 0 Å². The second-order valence-electron chi connectivity index (χ2n) is 8.09. The molecule has 136 valence electrons. The topological polar surface area (TPSA) is 31.1 Å². The first-order valence-electron chi connectivity index (χ1n) is 9.50. The zero-order valence-electron chi connectivity index (χ0n) is 14.4. The quantitative estimate of drug-likeness (QED) is 0.722. The number of hydrogen-bond acceptors (Lipinski definition) is 2. The minimum Gasteiger partial charge on any atom is -0.357 e. The Bertz CT molecular complexity index is 773. The molecular formula is C20H27Cl2N3. The second-order valence-corrected chi connectivity index (χ2v) is 8.09. The Morgan fingerprint density at radius 2 is 1.88 bits per heavy atom. The summed E-state index contributed by atoms with van der Waals surface area (Å²) in [5.74, 6) is 1.71. The molecule has 3 saturated heterocycles. The number of fused-ring (bicyclic) bond motifs is 4. The van der Waals surface area contributed by atoms with Crippen LogP contribution in [-0.4, -0.2) is 35.1 Å². The number of nitrogens with zero attached hydrogens (tertiary/aromatic N) is 1. The van der Waals surface area contributed by atoms with Gasteiger partial charge in [-0.1, -0.05) is 18.2 Å². The van der Waals surface area contributed by atoms with E-state index in [4.69, 9.17) is 0 Å². The molecule has 1 aromatic heterocycles. The van der Waals surface area contributed by atoms with E-state index < -0.39 is 0 Å². The first kappa shape index (κ1) is 17.7. The van der Waals surface area contributed by atoms with Crippen molar-refractivity contribution < 1.29 is 0 Å². The van der Waals surface area contributed by atoms with E-state index in [0.29, 0.717) is 6.04 Å². The van der Waals surface area contributed by atoms with E-state index >= 15 is 0 Å². The first-order valence-corrected chi connectivity index (χ1v) is 9.50. The predicted octanol–water partition coefficient (Wildman–Crippen LogP) is 4.07. The summed E-state index contributed by atoms with van der Waals surface area (Å²) in [6.07, 6.45) is 6.89. The van der Waals surface area contributed by atoms with Crippen molar-refractivity contribution in [2.75, 3.05) is 13.1 Å². The number of nitrogens with one attached hydrogen (secondary N) is 2. The number of H-pyrrole nitrogens is 1. The highest BCUT2D eigenvalue weighted by atomic mass is 35.5. The zero-order chi connectivity index (χ0) is 15.0. The zero-order valence-corrected chi connectivity index (χ0v) is 16.0. The maximum Gasteiger partial charge on any atom is 0.0547 e. The smallest absolute Gasteiger partial charge is 0.0547 e. The van der Waals surface area contributed by atoms with Crippen molar-refractivity contribution in [3.63, 3.8) is 0 Å². The fraction of sp³-hybridized carbons (Fsp3) is 0.600. The van der Waals surface area contributed by atoms with Crippen LogP contribution < -0.4 is 5.32 Å². The molecule has 2 aromatic rings. The van der Waals surface area contributed by atoms with Crippen molar-refractivity contribution in [1.82, 2.24) is 15.2 Å². The number of rotatable bonds is 0. The summed E-state index contributed by atoms with van der Waals surface area (Å²) in [4.78, 5) is 6.72. The second kappa shape index (κ2) is 6.45. The van der Waals surface area contributed by atoms with Gasteiger partial charge in [0.2, 0.25) is 0 Å². The average molecular weight is 380 g/mol. The Hall–Kier alpha value is -0.740. The molecule has 3 nitrogen and oxygen atoms in total. The van der Waals surface area contributed by atoms with Gasteiger partial charge < -0.3 is 10.3 Å². The lowest BCUT2D eigenvalue weighted by molar-refractivity contribution is -0.0920. The van der Waals surface area contributed by atoms with Crippen molar-refractivity contribution in [1.29, 1.82) is 0 Å². The number of halogens is 2. The number of aromatic nitrogens is 1. The maximum atomic E-state index is 3.91. The van der Waals surface area contributed by atoms with Crippen LogP contribution in [0.2, 0.25) is 0 Å². The molecule has 4 aliphatic heterocycles. The summed E-state index contributed by atoms with van der Waals surface area (Å²) in [5, 5.41) is 5.38. The van der Waals surface area contributed by atoms with Gasteiger partial charge >= 0.3 is 0 Å². The van der Waals surface area contributed by atoms with Gasteiger partial charge in [0.15, 0.2) is 0 Å². The van der Waals surface area contributed by atoms with Crippen molar-refractivity contribution in [3.8, 4) is 0 Å². The molecule has 0 radical (unpaired) electrons. The van der Waals surface area contributed by atoms with Crippen LogP contribution in [0, 0.1) is 11.8 Å². The highest BCUT2D eigenvalue weighted by Gasteiger charge is 2.55. The lowest BCUT2D eigenvalue weighted by atomic mass is 9.61. The minimum absolute atomic E-state index is 0. The van der Waals surface area contributed by atoms with Gasteiger partial charge in [-0.2, -0.15) is 0 Å². The van der Waals surface area contributed by atoms with Gasteiger partial charge in [-0.3, -0.25) is 4.90 Å². The Kier molecular flexibility index (Phi) is 4.56. The van der Waals surface area contributed by atoms with Gasteiger partial charge in [0.05, 0.1) is 6.04 Å². The van der Waals surface area contributed by atoms with Crippen molar-refractivity contribution in [2.24, 2.45) is 11.8 Å². The Balaban J connectivity index is 0.000000784. The monoisotopic (exact) mass is 379 g/mol. The molecular weight excluding hydrogens is 353 g/mol. The van der Waals surface area contributed by atoms with E-state index in [1.807, 2.05) is 0 Å². The third-order valence-electron chi connectivity index (χ3n) is 7.26. The van der Waals surface area contributed by atoms with Crippen LogP contribution in [-0.2, 0) is 6.42 Å². The summed E-state index contributed by atoms with van der Waals surface area (Å²) >= 11 is 0. The highest BCUT2D eigenvalue weighted by molar-refractivity contribution is 5.86. The van der Waals surface area contributed by atoms with Crippen LogP contribution in [0.1, 0.15) is 43.0 Å². The van der Waals surface area contributed by atoms with Crippen molar-refractivity contribution in [2.45, 2.75) is 50.2 Å². The number of para-hydroxylation sites is 1. The van der Waals surface area contributed by atoms with Gasteiger partial charge in [0.25, 0.3) is 0 Å². The van der Waals surface area contributed by atoms with Crippen LogP contribution in [0.3, 0.4) is 0 Å². The lowest BCUT2D eigenvalue weighted by Crippen LogP contribution is -2.67. The van der Waals surface area contributed by atoms with Gasteiger partial charge in [-0.15, -0.1) is 24.8 Å². The minimum atomic E-state index is 0. The molecule has 4 fully saturated rings. The predicted molar refractivity (Wildman–Crippen MR) is 107 cm³/mol. The van der Waals surface area contributed by atoms with E-state index in [0.717, 1.165) is 23.9 Å². The maximum absolute atomic E-state index is 3.91. The summed E-state index contributed by atoms with van der Waals surface area (Å²) in [5.41, 5.74) is 4.51. The van der Waals surface area contributed by atoms with Crippen LogP contribution in [0.4, 0.5) is 0 Å². The van der Waals surface area contributed by atoms with Gasteiger partial charge in [-0.25, -0.2) is 0 Å².